The maximum Gasteiger partial charge on any atom is 0.319 e. The molecule has 272 valence electrons. The molecule has 8 rings (SSSR count). The maximum absolute atomic E-state index is 17.2. The Balaban J connectivity index is 1.26. The third kappa shape index (κ3) is 5.98. The van der Waals surface area contributed by atoms with Gasteiger partial charge < -0.3 is 20.1 Å². The van der Waals surface area contributed by atoms with E-state index in [1.807, 2.05) is 37.8 Å². The van der Waals surface area contributed by atoms with Gasteiger partial charge in [0.25, 0.3) is 5.91 Å². The summed E-state index contributed by atoms with van der Waals surface area (Å²) in [6, 6.07) is 11.4. The number of halogens is 3. The summed E-state index contributed by atoms with van der Waals surface area (Å²) >= 11 is 0. The molecule has 0 radical (unpaired) electrons. The molecule has 5 aromatic rings. The number of benzene rings is 3. The van der Waals surface area contributed by atoms with Crippen LogP contribution in [-0.4, -0.2) is 79.7 Å². The molecule has 1 amide bonds. The third-order valence-electron chi connectivity index (χ3n) is 10.7. The van der Waals surface area contributed by atoms with Crippen LogP contribution in [0.2, 0.25) is 0 Å². The number of rotatable bonds is 8. The highest BCUT2D eigenvalue weighted by molar-refractivity contribution is 6.03. The molecule has 0 unspecified atom stereocenters. The van der Waals surface area contributed by atoms with Crippen LogP contribution >= 0.6 is 0 Å². The zero-order valence-corrected chi connectivity index (χ0v) is 29.6. The van der Waals surface area contributed by atoms with Crippen LogP contribution in [0, 0.1) is 11.6 Å². The molecule has 3 aromatic carbocycles. The summed E-state index contributed by atoms with van der Waals surface area (Å²) in [6.07, 6.45) is 2.30. The van der Waals surface area contributed by atoms with E-state index in [1.165, 1.54) is 12.1 Å². The van der Waals surface area contributed by atoms with E-state index in [2.05, 4.69) is 20.3 Å². The van der Waals surface area contributed by atoms with Crippen LogP contribution in [0.5, 0.6) is 11.8 Å². The molecule has 13 heteroatoms. The summed E-state index contributed by atoms with van der Waals surface area (Å²) in [4.78, 5) is 26.2. The normalized spacial score (nSPS) is 20.4. The average Bonchev–Trinajstić information content (AvgIpc) is 3.73. The van der Waals surface area contributed by atoms with E-state index in [-0.39, 0.29) is 70.4 Å². The van der Waals surface area contributed by atoms with E-state index in [0.717, 1.165) is 30.6 Å². The van der Waals surface area contributed by atoms with E-state index in [4.69, 9.17) is 9.72 Å². The lowest BCUT2D eigenvalue weighted by molar-refractivity contribution is 0.0937. The highest BCUT2D eigenvalue weighted by Gasteiger charge is 2.49. The lowest BCUT2D eigenvalue weighted by Gasteiger charge is -2.31. The van der Waals surface area contributed by atoms with Crippen molar-refractivity contribution in [3.63, 3.8) is 0 Å². The zero-order valence-electron chi connectivity index (χ0n) is 29.6. The monoisotopic (exact) mass is 713 g/mol. The predicted octanol–water partition coefficient (Wildman–Crippen LogP) is 6.70. The lowest BCUT2D eigenvalue weighted by Crippen LogP contribution is -2.43. The van der Waals surface area contributed by atoms with Gasteiger partial charge in [-0.2, -0.15) is 15.1 Å². The second-order valence-corrected chi connectivity index (χ2v) is 14.6. The molecule has 2 atom stereocenters. The number of anilines is 1. The first-order valence-corrected chi connectivity index (χ1v) is 18.1. The van der Waals surface area contributed by atoms with E-state index < -0.39 is 23.3 Å². The molecule has 3 aliphatic rings. The molecule has 2 N–H and O–H groups in total. The van der Waals surface area contributed by atoms with Gasteiger partial charge in [0.2, 0.25) is 0 Å². The smallest absolute Gasteiger partial charge is 0.319 e. The summed E-state index contributed by atoms with van der Waals surface area (Å²) in [5.41, 5.74) is 1.20. The highest BCUT2D eigenvalue weighted by Crippen LogP contribution is 2.43. The summed E-state index contributed by atoms with van der Waals surface area (Å²) in [5.74, 6) is -1.85. The van der Waals surface area contributed by atoms with Crippen LogP contribution in [0.15, 0.2) is 42.5 Å². The average molecular weight is 714 g/mol. The number of aromatic hydroxyl groups is 1. The van der Waals surface area contributed by atoms with E-state index >= 15 is 8.78 Å². The van der Waals surface area contributed by atoms with Crippen molar-refractivity contribution in [3.05, 3.63) is 71.1 Å². The van der Waals surface area contributed by atoms with Crippen molar-refractivity contribution in [1.29, 1.82) is 0 Å². The number of fused-ring (bicyclic) bond motifs is 4. The number of amides is 1. The molecular formula is C39H42F3N7O3. The SMILES string of the molecule is CCc1cccc2cc(O)cc(-c3c(F)cc4c(N5CCCn6nc(C(=O)NC(C)C)cc6C5)nc(OC[C@@]56CCCN5C[C@H](F)C6)nc4c3F)c12. The minimum Gasteiger partial charge on any atom is -0.508 e. The molecule has 10 nitrogen and oxygen atoms in total. The fourth-order valence-electron chi connectivity index (χ4n) is 8.43. The number of hydrogen-bond acceptors (Lipinski definition) is 8. The highest BCUT2D eigenvalue weighted by atomic mass is 19.1. The molecule has 0 bridgehead atoms. The number of phenolic OH excluding ortho intramolecular Hbond substituents is 1. The van der Waals surface area contributed by atoms with Gasteiger partial charge in [0.15, 0.2) is 11.5 Å². The number of carbonyl (C=O) groups excluding carboxylic acids is 1. The lowest BCUT2D eigenvalue weighted by atomic mass is 9.92. The molecule has 0 saturated carbocycles. The summed E-state index contributed by atoms with van der Waals surface area (Å²) in [6.45, 7) is 8.25. The van der Waals surface area contributed by atoms with Gasteiger partial charge in [0.1, 0.15) is 35.7 Å². The van der Waals surface area contributed by atoms with Gasteiger partial charge in [-0.05, 0) is 92.2 Å². The van der Waals surface area contributed by atoms with Gasteiger partial charge in [-0.3, -0.25) is 14.4 Å². The summed E-state index contributed by atoms with van der Waals surface area (Å²) in [7, 11) is 0. The Morgan fingerprint density at radius 1 is 1.12 bits per heavy atom. The largest absolute Gasteiger partial charge is 0.508 e. The molecular weight excluding hydrogens is 671 g/mol. The molecule has 0 aliphatic carbocycles. The van der Waals surface area contributed by atoms with Gasteiger partial charge >= 0.3 is 6.01 Å². The molecule has 5 heterocycles. The number of phenols is 1. The molecule has 2 saturated heterocycles. The van der Waals surface area contributed by atoms with Gasteiger partial charge in [-0.1, -0.05) is 25.1 Å². The Labute approximate surface area is 299 Å². The Hall–Kier alpha value is -4.91. The number of alkyl halides is 1. The fraction of sp³-hybridized carbons (Fsp3) is 0.436. The van der Waals surface area contributed by atoms with Gasteiger partial charge in [-0.15, -0.1) is 0 Å². The second kappa shape index (κ2) is 13.3. The first-order valence-electron chi connectivity index (χ1n) is 18.1. The van der Waals surface area contributed by atoms with E-state index in [9.17, 15) is 14.3 Å². The second-order valence-electron chi connectivity index (χ2n) is 14.6. The number of carbonyl (C=O) groups is 1. The minimum absolute atomic E-state index is 0.0618. The van der Waals surface area contributed by atoms with E-state index in [1.54, 1.807) is 22.9 Å². The maximum atomic E-state index is 17.2. The standard InChI is InChI=1S/C39H42F3N7O3/c1-4-23-8-5-9-24-14-27(50)16-28(32(23)24)33-30(41)17-29-35(34(33)42)44-38(52-21-39-10-6-12-48(39)19-25(40)18-39)45-36(29)47-11-7-13-49-26(20-47)15-31(46-49)37(51)43-22(2)3/h5,8-9,14-17,22,25,50H,4,6-7,10-13,18-21H2,1-3H3,(H,43,51)/t25-,39+/m1/s1. The number of hydrogen-bond donors (Lipinski definition) is 2. The van der Waals surface area contributed by atoms with Crippen molar-refractivity contribution in [3.8, 4) is 22.9 Å². The fourth-order valence-corrected chi connectivity index (χ4v) is 8.43. The molecule has 3 aliphatic heterocycles. The molecule has 2 aromatic heterocycles. The Bertz CT molecular complexity index is 2210. The van der Waals surface area contributed by atoms with E-state index in [0.29, 0.717) is 49.7 Å². The summed E-state index contributed by atoms with van der Waals surface area (Å²) in [5, 5.41) is 19.6. The molecule has 0 spiro atoms. The third-order valence-corrected chi connectivity index (χ3v) is 10.7. The van der Waals surface area contributed by atoms with Crippen molar-refractivity contribution in [2.45, 2.75) is 83.7 Å². The number of nitrogens with one attached hydrogen (secondary N) is 1. The number of ether oxygens (including phenoxy) is 1. The first kappa shape index (κ1) is 34.2. The first-order chi connectivity index (χ1) is 25.0. The van der Waals surface area contributed by atoms with Crippen LogP contribution < -0.4 is 15.0 Å². The number of nitrogens with zero attached hydrogens (tertiary/aromatic N) is 6. The van der Waals surface area contributed by atoms with Crippen LogP contribution in [-0.2, 0) is 19.5 Å². The minimum atomic E-state index is -0.959. The Morgan fingerprint density at radius 2 is 1.96 bits per heavy atom. The number of aryl methyl sites for hydroxylation is 2. The Morgan fingerprint density at radius 3 is 2.77 bits per heavy atom. The Kier molecular flexibility index (Phi) is 8.71. The van der Waals surface area contributed by atoms with Crippen LogP contribution in [0.1, 0.15) is 68.2 Å². The van der Waals surface area contributed by atoms with Gasteiger partial charge in [0, 0.05) is 37.5 Å². The quantitative estimate of drug-likeness (QED) is 0.183. The molecule has 2 fully saturated rings. The zero-order chi connectivity index (χ0) is 36.3. The van der Waals surface area contributed by atoms with Crippen molar-refractivity contribution in [2.24, 2.45) is 0 Å². The van der Waals surface area contributed by atoms with Crippen LogP contribution in [0.25, 0.3) is 32.8 Å². The van der Waals surface area contributed by atoms with Crippen LogP contribution in [0.3, 0.4) is 0 Å². The van der Waals surface area contributed by atoms with Gasteiger partial charge in [0.05, 0.1) is 23.3 Å². The topological polar surface area (TPSA) is 109 Å². The van der Waals surface area contributed by atoms with Crippen LogP contribution in [0.4, 0.5) is 19.0 Å². The van der Waals surface area contributed by atoms with Crippen molar-refractivity contribution < 1.29 is 27.8 Å². The molecule has 52 heavy (non-hydrogen) atoms. The van der Waals surface area contributed by atoms with Crippen molar-refractivity contribution >= 4 is 33.4 Å². The van der Waals surface area contributed by atoms with Gasteiger partial charge in [-0.25, -0.2) is 13.2 Å². The summed E-state index contributed by atoms with van der Waals surface area (Å²) < 4.78 is 56.4. The number of aromatic nitrogens is 4. The predicted molar refractivity (Wildman–Crippen MR) is 192 cm³/mol. The van der Waals surface area contributed by atoms with Crippen molar-refractivity contribution in [1.82, 2.24) is 30.0 Å². The van der Waals surface area contributed by atoms with Crippen molar-refractivity contribution in [2.75, 3.05) is 31.1 Å².